The number of aliphatic hydroxyl groups is 1. The highest BCUT2D eigenvalue weighted by atomic mass is 16.7. The average Bonchev–Trinajstić information content (AvgIpc) is 3.33. The third-order valence-corrected chi connectivity index (χ3v) is 8.43. The zero-order valence-electron chi connectivity index (χ0n) is 16.8. The second-order valence-electron chi connectivity index (χ2n) is 9.54. The minimum Gasteiger partial charge on any atom is -0.467 e. The van der Waals surface area contributed by atoms with Crippen LogP contribution in [0.1, 0.15) is 46.0 Å². The summed E-state index contributed by atoms with van der Waals surface area (Å²) < 4.78 is 21.5. The van der Waals surface area contributed by atoms with Crippen LogP contribution in [-0.2, 0) is 33.3 Å². The summed E-state index contributed by atoms with van der Waals surface area (Å²) in [4.78, 5) is 37.2. The van der Waals surface area contributed by atoms with Crippen LogP contribution in [0, 0.1) is 22.7 Å². The molecular weight excluding hydrogens is 380 g/mol. The highest BCUT2D eigenvalue weighted by molar-refractivity contribution is 5.87. The van der Waals surface area contributed by atoms with Crippen LogP contribution in [-0.4, -0.2) is 54.2 Å². The highest BCUT2D eigenvalue weighted by Crippen LogP contribution is 2.71. The molecule has 29 heavy (non-hydrogen) atoms. The lowest BCUT2D eigenvalue weighted by Gasteiger charge is -2.60. The molecule has 3 aliphatic heterocycles. The lowest BCUT2D eigenvalue weighted by Crippen LogP contribution is -2.63. The van der Waals surface area contributed by atoms with E-state index in [-0.39, 0.29) is 35.5 Å². The molecule has 5 rings (SSSR count). The van der Waals surface area contributed by atoms with Crippen molar-refractivity contribution >= 4 is 17.9 Å². The fourth-order valence-corrected chi connectivity index (χ4v) is 7.04. The Morgan fingerprint density at radius 2 is 1.97 bits per heavy atom. The van der Waals surface area contributed by atoms with Crippen LogP contribution in [0.5, 0.6) is 0 Å². The van der Waals surface area contributed by atoms with Crippen molar-refractivity contribution in [3.8, 4) is 0 Å². The van der Waals surface area contributed by atoms with Crippen LogP contribution in [0.2, 0.25) is 0 Å². The number of hydrogen-bond donors (Lipinski definition) is 1. The second kappa shape index (κ2) is 5.82. The number of ether oxygens (including phenoxy) is 4. The maximum Gasteiger partial charge on any atom is 0.341 e. The van der Waals surface area contributed by atoms with Crippen molar-refractivity contribution < 1.29 is 38.4 Å². The van der Waals surface area contributed by atoms with Gasteiger partial charge in [-0.3, -0.25) is 4.79 Å². The fraction of sp³-hybridized carbons (Fsp3) is 0.762. The van der Waals surface area contributed by atoms with Crippen molar-refractivity contribution in [1.82, 2.24) is 0 Å². The molecule has 1 N–H and O–H groups in total. The number of esters is 3. The predicted octanol–water partition coefficient (Wildman–Crippen LogP) is 1.25. The molecule has 8 nitrogen and oxygen atoms in total. The first kappa shape index (κ1) is 19.1. The van der Waals surface area contributed by atoms with Gasteiger partial charge in [0.25, 0.3) is 0 Å². The van der Waals surface area contributed by atoms with Gasteiger partial charge < -0.3 is 24.1 Å². The summed E-state index contributed by atoms with van der Waals surface area (Å²) >= 11 is 0. The summed E-state index contributed by atoms with van der Waals surface area (Å²) in [6.07, 6.45) is 2.29. The summed E-state index contributed by atoms with van der Waals surface area (Å²) in [7, 11) is 1.38. The Morgan fingerprint density at radius 3 is 2.62 bits per heavy atom. The molecule has 3 heterocycles. The summed E-state index contributed by atoms with van der Waals surface area (Å²) in [6, 6.07) is 0. The number of methoxy groups -OCH3 is 1. The first-order valence-electron chi connectivity index (χ1n) is 10.2. The van der Waals surface area contributed by atoms with E-state index in [1.165, 1.54) is 13.2 Å². The van der Waals surface area contributed by atoms with E-state index >= 15 is 0 Å². The number of aliphatic hydroxyl groups excluding tert-OH is 1. The molecule has 0 bridgehead atoms. The van der Waals surface area contributed by atoms with E-state index in [1.54, 1.807) is 0 Å². The third kappa shape index (κ3) is 2.24. The zero-order chi connectivity index (χ0) is 20.8. The molecule has 5 aliphatic rings. The lowest BCUT2D eigenvalue weighted by molar-refractivity contribution is -0.200. The molecule has 8 atom stereocenters. The Balaban J connectivity index is 1.53. The van der Waals surface area contributed by atoms with Crippen molar-refractivity contribution in [2.75, 3.05) is 7.11 Å². The molecule has 8 heteroatoms. The number of carbonyl (C=O) groups excluding carboxylic acids is 3. The number of hydrogen-bond acceptors (Lipinski definition) is 8. The lowest BCUT2D eigenvalue weighted by atomic mass is 9.43. The zero-order valence-corrected chi connectivity index (χ0v) is 16.8. The minimum atomic E-state index is -1.39. The largest absolute Gasteiger partial charge is 0.467 e. The standard InChI is InChI=1S/C21H26O8/c1-19-9-12(10-8-15(22)28-16(10)23)27-17(24)11(19)6-7-20(2)13(19)4-5-14-21(20,29-14)18(25)26-3/h8,11-14,16,23H,4-7,9H2,1-3H3. The van der Waals surface area contributed by atoms with E-state index < -0.39 is 34.8 Å². The van der Waals surface area contributed by atoms with E-state index in [0.717, 1.165) is 12.8 Å². The van der Waals surface area contributed by atoms with Crippen LogP contribution in [0.3, 0.4) is 0 Å². The Labute approximate surface area is 168 Å². The molecule has 0 amide bonds. The molecule has 0 radical (unpaired) electrons. The van der Waals surface area contributed by atoms with E-state index in [9.17, 15) is 19.5 Å². The van der Waals surface area contributed by atoms with Crippen molar-refractivity contribution in [2.45, 2.75) is 70.1 Å². The molecule has 0 aromatic carbocycles. The molecule has 0 aromatic rings. The predicted molar refractivity (Wildman–Crippen MR) is 96.0 cm³/mol. The fourth-order valence-electron chi connectivity index (χ4n) is 7.04. The van der Waals surface area contributed by atoms with Gasteiger partial charge in [-0.1, -0.05) is 13.8 Å². The minimum absolute atomic E-state index is 0.0396. The number of cyclic esters (lactones) is 2. The summed E-state index contributed by atoms with van der Waals surface area (Å²) in [5, 5.41) is 10.1. The number of fused-ring (bicyclic) bond motifs is 5. The first-order valence-corrected chi connectivity index (χ1v) is 10.2. The van der Waals surface area contributed by atoms with Gasteiger partial charge in [-0.25, -0.2) is 9.59 Å². The average molecular weight is 406 g/mol. The summed E-state index contributed by atoms with van der Waals surface area (Å²) in [5.74, 6) is -1.54. The van der Waals surface area contributed by atoms with Gasteiger partial charge in [0.15, 0.2) is 5.60 Å². The number of carbonyl (C=O) groups is 3. The van der Waals surface area contributed by atoms with Crippen LogP contribution in [0.4, 0.5) is 0 Å². The molecule has 0 aromatic heterocycles. The quantitative estimate of drug-likeness (QED) is 0.414. The molecule has 2 saturated carbocycles. The van der Waals surface area contributed by atoms with Gasteiger partial charge in [0, 0.05) is 17.1 Å². The first-order chi connectivity index (χ1) is 13.7. The third-order valence-electron chi connectivity index (χ3n) is 8.43. The van der Waals surface area contributed by atoms with E-state index in [1.807, 2.05) is 0 Å². The van der Waals surface area contributed by atoms with Crippen LogP contribution >= 0.6 is 0 Å². The van der Waals surface area contributed by atoms with Gasteiger partial charge in [0.1, 0.15) is 6.10 Å². The van der Waals surface area contributed by atoms with Crippen molar-refractivity contribution in [3.05, 3.63) is 11.6 Å². The maximum atomic E-state index is 13.0. The topological polar surface area (TPSA) is 112 Å². The molecule has 2 saturated heterocycles. The molecule has 0 spiro atoms. The Kier molecular flexibility index (Phi) is 3.82. The van der Waals surface area contributed by atoms with E-state index in [2.05, 4.69) is 13.8 Å². The van der Waals surface area contributed by atoms with Gasteiger partial charge in [0.2, 0.25) is 6.29 Å². The van der Waals surface area contributed by atoms with E-state index in [0.29, 0.717) is 19.3 Å². The number of rotatable bonds is 2. The van der Waals surface area contributed by atoms with Gasteiger partial charge in [-0.15, -0.1) is 0 Å². The van der Waals surface area contributed by atoms with Crippen molar-refractivity contribution in [3.63, 3.8) is 0 Å². The second-order valence-corrected chi connectivity index (χ2v) is 9.54. The molecular formula is C21H26O8. The van der Waals surface area contributed by atoms with Crippen LogP contribution in [0.15, 0.2) is 11.6 Å². The van der Waals surface area contributed by atoms with Crippen molar-refractivity contribution in [2.24, 2.45) is 22.7 Å². The normalized spacial score (nSPS) is 50.3. The van der Waals surface area contributed by atoms with Crippen LogP contribution < -0.4 is 0 Å². The Morgan fingerprint density at radius 1 is 1.21 bits per heavy atom. The Bertz CT molecular complexity index is 835. The van der Waals surface area contributed by atoms with Gasteiger partial charge in [-0.2, -0.15) is 0 Å². The van der Waals surface area contributed by atoms with Gasteiger partial charge >= 0.3 is 17.9 Å². The molecule has 158 valence electrons. The molecule has 2 aliphatic carbocycles. The van der Waals surface area contributed by atoms with E-state index in [4.69, 9.17) is 18.9 Å². The number of epoxide rings is 1. The van der Waals surface area contributed by atoms with Gasteiger partial charge in [-0.05, 0) is 43.4 Å². The molecule has 4 fully saturated rings. The highest BCUT2D eigenvalue weighted by Gasteiger charge is 2.79. The molecule has 8 unspecified atom stereocenters. The smallest absolute Gasteiger partial charge is 0.341 e. The summed E-state index contributed by atoms with van der Waals surface area (Å²) in [6.45, 7) is 4.16. The maximum absolute atomic E-state index is 13.0. The summed E-state index contributed by atoms with van der Waals surface area (Å²) in [5.41, 5.74) is -1.57. The Hall–Kier alpha value is -1.93. The monoisotopic (exact) mass is 406 g/mol. The van der Waals surface area contributed by atoms with Crippen LogP contribution in [0.25, 0.3) is 0 Å². The van der Waals surface area contributed by atoms with Crippen molar-refractivity contribution in [1.29, 1.82) is 0 Å². The van der Waals surface area contributed by atoms with Gasteiger partial charge in [0.05, 0.1) is 19.1 Å². The SMILES string of the molecule is COC(=O)C12OC1CCC1C3(C)CC(C4=CC(=O)OC4O)OC(=O)C3CCC12C.